The van der Waals surface area contributed by atoms with Gasteiger partial charge in [-0.3, -0.25) is 0 Å². The molecule has 86 valence electrons. The highest BCUT2D eigenvalue weighted by atomic mass is 14.9. The summed E-state index contributed by atoms with van der Waals surface area (Å²) in [6.07, 6.45) is 4.38. The van der Waals surface area contributed by atoms with E-state index in [1.54, 1.807) is 0 Å². The SMILES string of the molecule is NCc1cccc(-c2nccc(C3CC3)n2)c1. The molecule has 2 N–H and O–H groups in total. The predicted molar refractivity (Wildman–Crippen MR) is 67.3 cm³/mol. The monoisotopic (exact) mass is 225 g/mol. The van der Waals surface area contributed by atoms with Crippen LogP contribution in [0.3, 0.4) is 0 Å². The normalized spacial score (nSPS) is 14.9. The fraction of sp³-hybridized carbons (Fsp3) is 0.286. The van der Waals surface area contributed by atoms with Crippen LogP contribution in [0.15, 0.2) is 36.5 Å². The Morgan fingerprint density at radius 1 is 1.24 bits per heavy atom. The molecule has 1 aliphatic carbocycles. The summed E-state index contributed by atoms with van der Waals surface area (Å²) in [5.41, 5.74) is 8.98. The molecule has 17 heavy (non-hydrogen) atoms. The lowest BCUT2D eigenvalue weighted by molar-refractivity contribution is 0.992. The highest BCUT2D eigenvalue weighted by Crippen LogP contribution is 2.39. The summed E-state index contributed by atoms with van der Waals surface area (Å²) in [6, 6.07) is 10.1. The summed E-state index contributed by atoms with van der Waals surface area (Å²) in [4.78, 5) is 8.97. The first kappa shape index (κ1) is 10.4. The van der Waals surface area contributed by atoms with E-state index in [4.69, 9.17) is 5.73 Å². The van der Waals surface area contributed by atoms with E-state index in [1.165, 1.54) is 18.5 Å². The quantitative estimate of drug-likeness (QED) is 0.873. The van der Waals surface area contributed by atoms with Crippen LogP contribution in [0.2, 0.25) is 0 Å². The lowest BCUT2D eigenvalue weighted by Gasteiger charge is -2.04. The van der Waals surface area contributed by atoms with Gasteiger partial charge in [0.15, 0.2) is 5.82 Å². The largest absolute Gasteiger partial charge is 0.326 e. The Morgan fingerprint density at radius 3 is 2.88 bits per heavy atom. The summed E-state index contributed by atoms with van der Waals surface area (Å²) < 4.78 is 0. The first-order chi connectivity index (χ1) is 8.36. The molecule has 0 unspecified atom stereocenters. The Hall–Kier alpha value is -1.74. The van der Waals surface area contributed by atoms with E-state index in [2.05, 4.69) is 16.0 Å². The standard InChI is InChI=1S/C14H15N3/c15-9-10-2-1-3-12(8-10)14-16-7-6-13(17-14)11-4-5-11/h1-3,6-8,11H,4-5,9,15H2. The molecule has 0 bridgehead atoms. The van der Waals surface area contributed by atoms with Crippen molar-refractivity contribution in [3.63, 3.8) is 0 Å². The second-order valence-electron chi connectivity index (χ2n) is 4.48. The number of aromatic nitrogens is 2. The average molecular weight is 225 g/mol. The summed E-state index contributed by atoms with van der Waals surface area (Å²) in [5.74, 6) is 1.47. The summed E-state index contributed by atoms with van der Waals surface area (Å²) in [7, 11) is 0. The lowest BCUT2D eigenvalue weighted by Crippen LogP contribution is -1.97. The molecule has 1 aromatic heterocycles. The van der Waals surface area contributed by atoms with Gasteiger partial charge in [-0.05, 0) is 30.5 Å². The predicted octanol–water partition coefficient (Wildman–Crippen LogP) is 2.48. The molecule has 3 heteroatoms. The van der Waals surface area contributed by atoms with Gasteiger partial charge in [0.1, 0.15) is 0 Å². The third-order valence-corrected chi connectivity index (χ3v) is 3.09. The average Bonchev–Trinajstić information content (AvgIpc) is 3.23. The summed E-state index contributed by atoms with van der Waals surface area (Å²) in [6.45, 7) is 0.552. The van der Waals surface area contributed by atoms with Crippen LogP contribution in [-0.4, -0.2) is 9.97 Å². The second-order valence-corrected chi connectivity index (χ2v) is 4.48. The number of nitrogens with two attached hydrogens (primary N) is 1. The van der Waals surface area contributed by atoms with Crippen LogP contribution in [0.1, 0.15) is 30.0 Å². The third-order valence-electron chi connectivity index (χ3n) is 3.09. The minimum atomic E-state index is 0.552. The van der Waals surface area contributed by atoms with Gasteiger partial charge >= 0.3 is 0 Å². The van der Waals surface area contributed by atoms with E-state index >= 15 is 0 Å². The van der Waals surface area contributed by atoms with E-state index in [9.17, 15) is 0 Å². The van der Waals surface area contributed by atoms with Crippen molar-refractivity contribution < 1.29 is 0 Å². The van der Waals surface area contributed by atoms with Crippen molar-refractivity contribution >= 4 is 0 Å². The maximum Gasteiger partial charge on any atom is 0.159 e. The molecule has 0 amide bonds. The van der Waals surface area contributed by atoms with Crippen LogP contribution in [0, 0.1) is 0 Å². The van der Waals surface area contributed by atoms with E-state index in [0.29, 0.717) is 12.5 Å². The maximum absolute atomic E-state index is 5.64. The minimum absolute atomic E-state index is 0.552. The van der Waals surface area contributed by atoms with Crippen molar-refractivity contribution in [2.45, 2.75) is 25.3 Å². The van der Waals surface area contributed by atoms with Gasteiger partial charge in [0.05, 0.1) is 0 Å². The van der Waals surface area contributed by atoms with Gasteiger partial charge in [-0.1, -0.05) is 18.2 Å². The van der Waals surface area contributed by atoms with Gasteiger partial charge in [0.2, 0.25) is 0 Å². The molecular weight excluding hydrogens is 210 g/mol. The molecular formula is C14H15N3. The molecule has 3 nitrogen and oxygen atoms in total. The van der Waals surface area contributed by atoms with Gasteiger partial charge in [0, 0.05) is 29.9 Å². The van der Waals surface area contributed by atoms with E-state index < -0.39 is 0 Å². The number of benzene rings is 1. The van der Waals surface area contributed by atoms with Gasteiger partial charge < -0.3 is 5.73 Å². The first-order valence-corrected chi connectivity index (χ1v) is 5.99. The zero-order valence-electron chi connectivity index (χ0n) is 9.63. The third kappa shape index (κ3) is 2.19. The Labute approximate surface area is 101 Å². The first-order valence-electron chi connectivity index (χ1n) is 5.99. The molecule has 3 rings (SSSR count). The maximum atomic E-state index is 5.64. The van der Waals surface area contributed by atoms with Crippen LogP contribution < -0.4 is 5.73 Å². The fourth-order valence-electron chi connectivity index (χ4n) is 1.96. The molecule has 0 spiro atoms. The van der Waals surface area contributed by atoms with E-state index in [-0.39, 0.29) is 0 Å². The molecule has 0 saturated heterocycles. The zero-order valence-corrected chi connectivity index (χ0v) is 9.63. The zero-order chi connectivity index (χ0) is 11.7. The highest BCUT2D eigenvalue weighted by molar-refractivity contribution is 5.56. The number of hydrogen-bond donors (Lipinski definition) is 1. The number of nitrogens with zero attached hydrogens (tertiary/aromatic N) is 2. The van der Waals surface area contributed by atoms with Gasteiger partial charge in [-0.2, -0.15) is 0 Å². The van der Waals surface area contributed by atoms with Gasteiger partial charge in [-0.25, -0.2) is 9.97 Å². The van der Waals surface area contributed by atoms with Crippen molar-refractivity contribution in [3.8, 4) is 11.4 Å². The molecule has 1 heterocycles. The molecule has 0 aliphatic heterocycles. The number of hydrogen-bond acceptors (Lipinski definition) is 3. The second kappa shape index (κ2) is 4.26. The van der Waals surface area contributed by atoms with E-state index in [0.717, 1.165) is 17.0 Å². The molecule has 1 aliphatic rings. The van der Waals surface area contributed by atoms with Crippen LogP contribution in [0.5, 0.6) is 0 Å². The van der Waals surface area contributed by atoms with E-state index in [1.807, 2.05) is 30.5 Å². The summed E-state index contributed by atoms with van der Waals surface area (Å²) >= 11 is 0. The minimum Gasteiger partial charge on any atom is -0.326 e. The van der Waals surface area contributed by atoms with Crippen molar-refractivity contribution in [3.05, 3.63) is 47.8 Å². The van der Waals surface area contributed by atoms with Crippen LogP contribution in [0.25, 0.3) is 11.4 Å². The molecule has 1 aromatic carbocycles. The summed E-state index contributed by atoms with van der Waals surface area (Å²) in [5, 5.41) is 0. The lowest BCUT2D eigenvalue weighted by atomic mass is 10.1. The van der Waals surface area contributed by atoms with Crippen molar-refractivity contribution in [1.29, 1.82) is 0 Å². The smallest absolute Gasteiger partial charge is 0.159 e. The fourth-order valence-corrected chi connectivity index (χ4v) is 1.96. The van der Waals surface area contributed by atoms with Crippen molar-refractivity contribution in [2.24, 2.45) is 5.73 Å². The van der Waals surface area contributed by atoms with Gasteiger partial charge in [-0.15, -0.1) is 0 Å². The Kier molecular flexibility index (Phi) is 2.61. The van der Waals surface area contributed by atoms with Crippen molar-refractivity contribution in [1.82, 2.24) is 9.97 Å². The van der Waals surface area contributed by atoms with Crippen molar-refractivity contribution in [2.75, 3.05) is 0 Å². The van der Waals surface area contributed by atoms with Gasteiger partial charge in [0.25, 0.3) is 0 Å². The Balaban J connectivity index is 1.98. The molecule has 1 fully saturated rings. The highest BCUT2D eigenvalue weighted by Gasteiger charge is 2.25. The molecule has 2 aromatic rings. The Bertz CT molecular complexity index is 532. The van der Waals surface area contributed by atoms with Crippen LogP contribution >= 0.6 is 0 Å². The topological polar surface area (TPSA) is 51.8 Å². The van der Waals surface area contributed by atoms with Crippen LogP contribution in [0.4, 0.5) is 0 Å². The Morgan fingerprint density at radius 2 is 2.12 bits per heavy atom. The molecule has 0 atom stereocenters. The number of rotatable bonds is 3. The molecule has 0 radical (unpaired) electrons. The molecule has 1 saturated carbocycles. The van der Waals surface area contributed by atoms with Crippen LogP contribution in [-0.2, 0) is 6.54 Å².